The first kappa shape index (κ1) is 17.2. The normalized spacial score (nSPS) is 14.3. The van der Waals surface area contributed by atoms with E-state index in [1.807, 2.05) is 18.3 Å². The number of anilines is 4. The third kappa shape index (κ3) is 3.97. The van der Waals surface area contributed by atoms with Crippen molar-refractivity contribution >= 4 is 23.4 Å². The van der Waals surface area contributed by atoms with Gasteiger partial charge in [-0.3, -0.25) is 0 Å². The van der Waals surface area contributed by atoms with Crippen LogP contribution in [0.5, 0.6) is 0 Å². The van der Waals surface area contributed by atoms with Gasteiger partial charge in [0, 0.05) is 50.5 Å². The van der Waals surface area contributed by atoms with E-state index in [1.54, 1.807) is 12.4 Å². The van der Waals surface area contributed by atoms with E-state index in [0.29, 0.717) is 5.95 Å². The summed E-state index contributed by atoms with van der Waals surface area (Å²) in [7, 11) is 0. The molecule has 1 aliphatic rings. The lowest BCUT2D eigenvalue weighted by Gasteiger charge is -2.35. The summed E-state index contributed by atoms with van der Waals surface area (Å²) in [6, 6.07) is 10.1. The monoisotopic (exact) mass is 361 g/mol. The summed E-state index contributed by atoms with van der Waals surface area (Å²) in [5.41, 5.74) is 3.42. The van der Waals surface area contributed by atoms with Crippen LogP contribution in [0.3, 0.4) is 0 Å². The topological polar surface area (TPSA) is 70.1 Å². The molecule has 0 bridgehead atoms. The van der Waals surface area contributed by atoms with Crippen LogP contribution in [0.15, 0.2) is 48.9 Å². The highest BCUT2D eigenvalue weighted by Crippen LogP contribution is 2.22. The maximum atomic E-state index is 4.71. The van der Waals surface area contributed by atoms with Crippen molar-refractivity contribution in [1.29, 1.82) is 0 Å². The molecule has 0 atom stereocenters. The maximum Gasteiger partial charge on any atom is 0.229 e. The summed E-state index contributed by atoms with van der Waals surface area (Å²) in [6.45, 7) is 7.65. The second-order valence-corrected chi connectivity index (χ2v) is 6.70. The smallest absolute Gasteiger partial charge is 0.229 e. The molecule has 0 saturated carbocycles. The van der Waals surface area contributed by atoms with Gasteiger partial charge in [-0.15, -0.1) is 0 Å². The molecular formula is C20H23N7. The van der Waals surface area contributed by atoms with Gasteiger partial charge in [0.05, 0.1) is 0 Å². The van der Waals surface area contributed by atoms with Crippen molar-refractivity contribution in [3.63, 3.8) is 0 Å². The second-order valence-electron chi connectivity index (χ2n) is 6.70. The Hall–Kier alpha value is -3.22. The summed E-state index contributed by atoms with van der Waals surface area (Å²) in [6.07, 6.45) is 5.37. The molecular weight excluding hydrogens is 338 g/mol. The highest BCUT2D eigenvalue weighted by Gasteiger charge is 2.20. The highest BCUT2D eigenvalue weighted by molar-refractivity contribution is 5.60. The molecule has 7 nitrogen and oxygen atoms in total. The van der Waals surface area contributed by atoms with Gasteiger partial charge in [0.2, 0.25) is 11.9 Å². The summed E-state index contributed by atoms with van der Waals surface area (Å²) in [4.78, 5) is 22.2. The Morgan fingerprint density at radius 3 is 2.37 bits per heavy atom. The fraction of sp³-hybridized carbons (Fsp3) is 0.300. The van der Waals surface area contributed by atoms with Crippen LogP contribution in [-0.4, -0.2) is 46.1 Å². The van der Waals surface area contributed by atoms with Crippen molar-refractivity contribution in [1.82, 2.24) is 19.9 Å². The van der Waals surface area contributed by atoms with Crippen LogP contribution in [-0.2, 0) is 0 Å². The standard InChI is InChI=1S/C20H23N7/c1-15-4-5-16(2)17(14-15)24-19-21-9-6-18(25-19)26-10-12-27(13-11-26)20-22-7-3-8-23-20/h3-9,14H,10-13H2,1-2H3,(H,21,24,25). The van der Waals surface area contributed by atoms with E-state index in [-0.39, 0.29) is 0 Å². The number of nitrogens with one attached hydrogen (secondary N) is 1. The van der Waals surface area contributed by atoms with Gasteiger partial charge in [-0.25, -0.2) is 15.0 Å². The molecule has 0 unspecified atom stereocenters. The molecule has 0 spiro atoms. The zero-order valence-electron chi connectivity index (χ0n) is 15.6. The van der Waals surface area contributed by atoms with Crippen LogP contribution in [0, 0.1) is 13.8 Å². The third-order valence-electron chi connectivity index (χ3n) is 4.72. The van der Waals surface area contributed by atoms with E-state index in [9.17, 15) is 0 Å². The lowest BCUT2D eigenvalue weighted by atomic mass is 10.1. The van der Waals surface area contributed by atoms with E-state index >= 15 is 0 Å². The lowest BCUT2D eigenvalue weighted by Crippen LogP contribution is -2.47. The van der Waals surface area contributed by atoms with E-state index in [0.717, 1.165) is 43.6 Å². The second kappa shape index (κ2) is 7.57. The van der Waals surface area contributed by atoms with Crippen molar-refractivity contribution in [2.24, 2.45) is 0 Å². The van der Waals surface area contributed by atoms with Gasteiger partial charge < -0.3 is 15.1 Å². The average Bonchev–Trinajstić information content (AvgIpc) is 2.72. The number of nitrogens with zero attached hydrogens (tertiary/aromatic N) is 6. The van der Waals surface area contributed by atoms with Crippen molar-refractivity contribution < 1.29 is 0 Å². The first-order chi connectivity index (χ1) is 13.2. The quantitative estimate of drug-likeness (QED) is 0.766. The molecule has 0 aliphatic carbocycles. The lowest BCUT2D eigenvalue weighted by molar-refractivity contribution is 0.634. The number of aryl methyl sites for hydroxylation is 2. The Morgan fingerprint density at radius 2 is 1.59 bits per heavy atom. The predicted molar refractivity (Wildman–Crippen MR) is 108 cm³/mol. The third-order valence-corrected chi connectivity index (χ3v) is 4.72. The largest absolute Gasteiger partial charge is 0.353 e. The van der Waals surface area contributed by atoms with Crippen LogP contribution in [0.2, 0.25) is 0 Å². The fourth-order valence-electron chi connectivity index (χ4n) is 3.17. The van der Waals surface area contributed by atoms with Gasteiger partial charge in [-0.2, -0.15) is 4.98 Å². The minimum atomic E-state index is 0.620. The van der Waals surface area contributed by atoms with Gasteiger partial charge in [0.1, 0.15) is 5.82 Å². The van der Waals surface area contributed by atoms with Crippen LogP contribution >= 0.6 is 0 Å². The van der Waals surface area contributed by atoms with Gasteiger partial charge in [-0.1, -0.05) is 12.1 Å². The molecule has 1 saturated heterocycles. The minimum Gasteiger partial charge on any atom is -0.353 e. The van der Waals surface area contributed by atoms with E-state index in [1.165, 1.54) is 11.1 Å². The number of benzene rings is 1. The molecule has 1 aliphatic heterocycles. The molecule has 3 aromatic rings. The number of rotatable bonds is 4. The molecule has 0 radical (unpaired) electrons. The van der Waals surface area contributed by atoms with Gasteiger partial charge in [-0.05, 0) is 43.2 Å². The average molecular weight is 361 g/mol. The zero-order valence-corrected chi connectivity index (χ0v) is 15.6. The van der Waals surface area contributed by atoms with Crippen molar-refractivity contribution in [3.05, 3.63) is 60.0 Å². The first-order valence-electron chi connectivity index (χ1n) is 9.13. The molecule has 2 aromatic heterocycles. The number of hydrogen-bond acceptors (Lipinski definition) is 7. The summed E-state index contributed by atoms with van der Waals surface area (Å²) >= 11 is 0. The van der Waals surface area contributed by atoms with Crippen molar-refractivity contribution in [3.8, 4) is 0 Å². The van der Waals surface area contributed by atoms with E-state index in [4.69, 9.17) is 4.98 Å². The van der Waals surface area contributed by atoms with Crippen LogP contribution in [0.1, 0.15) is 11.1 Å². The summed E-state index contributed by atoms with van der Waals surface area (Å²) in [5, 5.41) is 3.35. The predicted octanol–water partition coefficient (Wildman–Crippen LogP) is 2.95. The summed E-state index contributed by atoms with van der Waals surface area (Å²) in [5.74, 6) is 2.35. The molecule has 27 heavy (non-hydrogen) atoms. The molecule has 1 fully saturated rings. The SMILES string of the molecule is Cc1ccc(C)c(Nc2nccc(N3CCN(c4ncccn4)CC3)n2)c1. The van der Waals surface area contributed by atoms with Gasteiger partial charge in [0.25, 0.3) is 0 Å². The van der Waals surface area contributed by atoms with Crippen LogP contribution in [0.4, 0.5) is 23.4 Å². The Labute approximate surface area is 159 Å². The molecule has 3 heterocycles. The Balaban J connectivity index is 1.45. The maximum absolute atomic E-state index is 4.71. The summed E-state index contributed by atoms with van der Waals surface area (Å²) < 4.78 is 0. The van der Waals surface area contributed by atoms with Gasteiger partial charge >= 0.3 is 0 Å². The van der Waals surface area contributed by atoms with Crippen molar-refractivity contribution in [2.45, 2.75) is 13.8 Å². The molecule has 7 heteroatoms. The molecule has 1 aromatic carbocycles. The number of aromatic nitrogens is 4. The molecule has 1 N–H and O–H groups in total. The molecule has 0 amide bonds. The number of hydrogen-bond donors (Lipinski definition) is 1. The van der Waals surface area contributed by atoms with Crippen LogP contribution in [0.25, 0.3) is 0 Å². The van der Waals surface area contributed by atoms with Crippen LogP contribution < -0.4 is 15.1 Å². The van der Waals surface area contributed by atoms with Gasteiger partial charge in [0.15, 0.2) is 0 Å². The highest BCUT2D eigenvalue weighted by atomic mass is 15.3. The fourth-order valence-corrected chi connectivity index (χ4v) is 3.17. The Morgan fingerprint density at radius 1 is 0.852 bits per heavy atom. The zero-order chi connectivity index (χ0) is 18.6. The van der Waals surface area contributed by atoms with E-state index in [2.05, 4.69) is 62.1 Å². The van der Waals surface area contributed by atoms with E-state index < -0.39 is 0 Å². The first-order valence-corrected chi connectivity index (χ1v) is 9.13. The van der Waals surface area contributed by atoms with Crippen molar-refractivity contribution in [2.75, 3.05) is 41.3 Å². The Bertz CT molecular complexity index is 905. The number of piperazine rings is 1. The molecule has 4 rings (SSSR count). The Kier molecular flexibility index (Phi) is 4.82. The molecule has 138 valence electrons. The minimum absolute atomic E-state index is 0.620.